The predicted molar refractivity (Wildman–Crippen MR) is 67.9 cm³/mol. The normalized spacial score (nSPS) is 9.89. The van der Waals surface area contributed by atoms with Gasteiger partial charge in [0.25, 0.3) is 0 Å². The molecule has 92 valence electrons. The Morgan fingerprint density at radius 1 is 1.33 bits per heavy atom. The summed E-state index contributed by atoms with van der Waals surface area (Å²) >= 11 is 0. The molecule has 5 nitrogen and oxygen atoms in total. The first-order valence-electron chi connectivity index (χ1n) is 5.40. The number of aromatic nitrogens is 2. The van der Waals surface area contributed by atoms with Crippen molar-refractivity contribution in [2.24, 2.45) is 0 Å². The van der Waals surface area contributed by atoms with Crippen molar-refractivity contribution in [2.75, 3.05) is 19.1 Å². The Labute approximate surface area is 105 Å². The lowest BCUT2D eigenvalue weighted by molar-refractivity contribution is 0.0600. The molecular weight excluding hydrogens is 230 g/mol. The molecule has 5 heteroatoms. The zero-order valence-corrected chi connectivity index (χ0v) is 10.2. The van der Waals surface area contributed by atoms with Crippen molar-refractivity contribution in [3.63, 3.8) is 0 Å². The fourth-order valence-electron chi connectivity index (χ4n) is 1.53. The van der Waals surface area contributed by atoms with Gasteiger partial charge in [-0.05, 0) is 24.3 Å². The molecule has 0 spiro atoms. The smallest absolute Gasteiger partial charge is 0.338 e. The summed E-state index contributed by atoms with van der Waals surface area (Å²) in [5, 5.41) is 0. The molecule has 0 N–H and O–H groups in total. The Morgan fingerprint density at radius 3 is 2.83 bits per heavy atom. The third-order valence-corrected chi connectivity index (χ3v) is 2.54. The highest BCUT2D eigenvalue weighted by molar-refractivity contribution is 5.90. The van der Waals surface area contributed by atoms with Crippen LogP contribution in [0.2, 0.25) is 0 Å². The number of pyridine rings is 2. The molecule has 2 rings (SSSR count). The van der Waals surface area contributed by atoms with Crippen LogP contribution in [-0.4, -0.2) is 30.1 Å². The molecule has 0 aliphatic heterocycles. The summed E-state index contributed by atoms with van der Waals surface area (Å²) in [5.74, 6) is 0.282. The molecule has 0 aliphatic carbocycles. The van der Waals surface area contributed by atoms with E-state index in [0.29, 0.717) is 11.4 Å². The molecular formula is C13H13N3O2. The second kappa shape index (κ2) is 5.27. The van der Waals surface area contributed by atoms with E-state index in [0.717, 1.165) is 5.69 Å². The highest BCUT2D eigenvalue weighted by Crippen LogP contribution is 2.20. The maximum atomic E-state index is 11.4. The fraction of sp³-hybridized carbons (Fsp3) is 0.154. The standard InChI is InChI=1S/C13H13N3O2/c1-16(11-4-3-6-14-9-11)12-8-10(5-7-15-12)13(17)18-2/h3-9H,1-2H3. The minimum absolute atomic E-state index is 0.377. The van der Waals surface area contributed by atoms with Gasteiger partial charge in [-0.15, -0.1) is 0 Å². The maximum Gasteiger partial charge on any atom is 0.338 e. The highest BCUT2D eigenvalue weighted by Gasteiger charge is 2.10. The van der Waals surface area contributed by atoms with E-state index in [-0.39, 0.29) is 5.97 Å². The number of ether oxygens (including phenoxy) is 1. The minimum Gasteiger partial charge on any atom is -0.465 e. The van der Waals surface area contributed by atoms with Crippen LogP contribution in [-0.2, 0) is 4.74 Å². The molecule has 2 aromatic heterocycles. The van der Waals surface area contributed by atoms with Crippen LogP contribution in [0.25, 0.3) is 0 Å². The average Bonchev–Trinajstić information content (AvgIpc) is 2.46. The largest absolute Gasteiger partial charge is 0.465 e. The quantitative estimate of drug-likeness (QED) is 0.772. The van der Waals surface area contributed by atoms with Crippen LogP contribution in [0, 0.1) is 0 Å². The van der Waals surface area contributed by atoms with Crippen LogP contribution in [0.15, 0.2) is 42.9 Å². The Morgan fingerprint density at radius 2 is 2.17 bits per heavy atom. The number of hydrogen-bond donors (Lipinski definition) is 0. The average molecular weight is 243 g/mol. The van der Waals surface area contributed by atoms with Crippen LogP contribution in [0.1, 0.15) is 10.4 Å². The lowest BCUT2D eigenvalue weighted by atomic mass is 10.2. The number of carbonyl (C=O) groups excluding carboxylic acids is 1. The van der Waals surface area contributed by atoms with E-state index >= 15 is 0 Å². The summed E-state index contributed by atoms with van der Waals surface area (Å²) in [6, 6.07) is 7.06. The maximum absolute atomic E-state index is 11.4. The van der Waals surface area contributed by atoms with Crippen molar-refractivity contribution >= 4 is 17.5 Å². The molecule has 2 aromatic rings. The number of hydrogen-bond acceptors (Lipinski definition) is 5. The first kappa shape index (κ1) is 12.0. The Kier molecular flexibility index (Phi) is 3.52. The molecule has 0 aliphatic rings. The summed E-state index contributed by atoms with van der Waals surface area (Å²) in [4.78, 5) is 21.6. The Hall–Kier alpha value is -2.43. The molecule has 0 saturated carbocycles. The molecule has 0 unspecified atom stereocenters. The molecule has 0 bridgehead atoms. The van der Waals surface area contributed by atoms with Gasteiger partial charge in [0, 0.05) is 19.4 Å². The monoisotopic (exact) mass is 243 g/mol. The van der Waals surface area contributed by atoms with Crippen molar-refractivity contribution < 1.29 is 9.53 Å². The van der Waals surface area contributed by atoms with Crippen molar-refractivity contribution in [1.29, 1.82) is 0 Å². The molecule has 18 heavy (non-hydrogen) atoms. The van der Waals surface area contributed by atoms with Gasteiger partial charge in [0.1, 0.15) is 5.82 Å². The van der Waals surface area contributed by atoms with Gasteiger partial charge in [-0.1, -0.05) is 0 Å². The van der Waals surface area contributed by atoms with Gasteiger partial charge in [0.2, 0.25) is 0 Å². The highest BCUT2D eigenvalue weighted by atomic mass is 16.5. The van der Waals surface area contributed by atoms with Gasteiger partial charge >= 0.3 is 5.97 Å². The van der Waals surface area contributed by atoms with Gasteiger partial charge in [0.05, 0.1) is 24.6 Å². The zero-order chi connectivity index (χ0) is 13.0. The second-order valence-electron chi connectivity index (χ2n) is 3.66. The van der Waals surface area contributed by atoms with Gasteiger partial charge < -0.3 is 9.64 Å². The van der Waals surface area contributed by atoms with E-state index in [4.69, 9.17) is 0 Å². The molecule has 0 fully saturated rings. The number of methoxy groups -OCH3 is 1. The second-order valence-corrected chi connectivity index (χ2v) is 3.66. The first-order chi connectivity index (χ1) is 8.72. The zero-order valence-electron chi connectivity index (χ0n) is 10.2. The molecule has 0 atom stereocenters. The minimum atomic E-state index is -0.377. The van der Waals surface area contributed by atoms with E-state index in [1.807, 2.05) is 24.1 Å². The van der Waals surface area contributed by atoms with Crippen LogP contribution in [0.4, 0.5) is 11.5 Å². The molecule has 0 aromatic carbocycles. The summed E-state index contributed by atoms with van der Waals surface area (Å²) in [7, 11) is 3.22. The van der Waals surface area contributed by atoms with E-state index in [1.165, 1.54) is 7.11 Å². The van der Waals surface area contributed by atoms with E-state index in [9.17, 15) is 4.79 Å². The SMILES string of the molecule is COC(=O)c1ccnc(N(C)c2cccnc2)c1. The lowest BCUT2D eigenvalue weighted by Gasteiger charge is -2.17. The molecule has 0 saturated heterocycles. The summed E-state index contributed by atoms with van der Waals surface area (Å²) in [6.07, 6.45) is 5.01. The summed E-state index contributed by atoms with van der Waals surface area (Å²) in [6.45, 7) is 0. The number of esters is 1. The number of anilines is 2. The van der Waals surface area contributed by atoms with Crippen LogP contribution in [0.5, 0.6) is 0 Å². The molecule has 0 amide bonds. The number of nitrogens with zero attached hydrogens (tertiary/aromatic N) is 3. The number of rotatable bonds is 3. The first-order valence-corrected chi connectivity index (χ1v) is 5.40. The number of carbonyl (C=O) groups is 1. The fourth-order valence-corrected chi connectivity index (χ4v) is 1.53. The lowest BCUT2D eigenvalue weighted by Crippen LogP contribution is -2.12. The van der Waals surface area contributed by atoms with Gasteiger partial charge in [-0.25, -0.2) is 9.78 Å². The molecule has 0 radical (unpaired) electrons. The Bertz CT molecular complexity index is 543. The van der Waals surface area contributed by atoms with Gasteiger partial charge in [0.15, 0.2) is 0 Å². The third-order valence-electron chi connectivity index (χ3n) is 2.54. The summed E-state index contributed by atoms with van der Waals surface area (Å²) in [5.41, 5.74) is 1.37. The predicted octanol–water partition coefficient (Wildman–Crippen LogP) is 2.03. The van der Waals surface area contributed by atoms with Gasteiger partial charge in [-0.2, -0.15) is 0 Å². The van der Waals surface area contributed by atoms with Crippen molar-refractivity contribution in [3.8, 4) is 0 Å². The van der Waals surface area contributed by atoms with E-state index < -0.39 is 0 Å². The van der Waals surface area contributed by atoms with E-state index in [1.54, 1.807) is 30.7 Å². The van der Waals surface area contributed by atoms with E-state index in [2.05, 4.69) is 14.7 Å². The van der Waals surface area contributed by atoms with Crippen molar-refractivity contribution in [1.82, 2.24) is 9.97 Å². The third kappa shape index (κ3) is 2.45. The van der Waals surface area contributed by atoms with Crippen LogP contribution >= 0.6 is 0 Å². The van der Waals surface area contributed by atoms with Crippen molar-refractivity contribution in [3.05, 3.63) is 48.4 Å². The van der Waals surface area contributed by atoms with Crippen molar-refractivity contribution in [2.45, 2.75) is 0 Å². The topological polar surface area (TPSA) is 55.3 Å². The van der Waals surface area contributed by atoms with Crippen LogP contribution < -0.4 is 4.90 Å². The summed E-state index contributed by atoms with van der Waals surface area (Å²) < 4.78 is 4.68. The molecule has 2 heterocycles. The van der Waals surface area contributed by atoms with Crippen LogP contribution in [0.3, 0.4) is 0 Å². The van der Waals surface area contributed by atoms with Gasteiger partial charge in [-0.3, -0.25) is 4.98 Å². The Balaban J connectivity index is 2.31.